The quantitative estimate of drug-likeness (QED) is 0.935. The number of hydrogen-bond donors (Lipinski definition) is 1. The fourth-order valence-corrected chi connectivity index (χ4v) is 4.23. The van der Waals surface area contributed by atoms with Crippen LogP contribution in [-0.4, -0.2) is 18.2 Å². The zero-order valence-corrected chi connectivity index (χ0v) is 12.9. The first-order valence-corrected chi connectivity index (χ1v) is 8.02. The Hall–Kier alpha value is -1.55. The molecule has 2 aromatic rings. The van der Waals surface area contributed by atoms with Gasteiger partial charge in [-0.25, -0.2) is 8.42 Å². The maximum absolute atomic E-state index is 13.0. The van der Waals surface area contributed by atoms with E-state index in [1.165, 1.54) is 20.0 Å². The molecule has 2 aromatic heterocycles. The molecule has 10 heteroatoms. The summed E-state index contributed by atoms with van der Waals surface area (Å²) >= 11 is 0.979. The van der Waals surface area contributed by atoms with E-state index in [9.17, 15) is 21.6 Å². The van der Waals surface area contributed by atoms with Crippen LogP contribution >= 0.6 is 11.3 Å². The van der Waals surface area contributed by atoms with E-state index in [-0.39, 0.29) is 9.90 Å². The third kappa shape index (κ3) is 3.05. The van der Waals surface area contributed by atoms with Crippen LogP contribution < -0.4 is 4.72 Å². The van der Waals surface area contributed by atoms with Crippen LogP contribution in [0.1, 0.15) is 16.1 Å². The molecule has 5 nitrogen and oxygen atoms in total. The summed E-state index contributed by atoms with van der Waals surface area (Å²) in [5.74, 6) is -0.592. The first kappa shape index (κ1) is 15.8. The largest absolute Gasteiger partial charge is 0.421 e. The Labute approximate surface area is 123 Å². The van der Waals surface area contributed by atoms with E-state index in [0.29, 0.717) is 0 Å². The van der Waals surface area contributed by atoms with Crippen LogP contribution in [0.4, 0.5) is 19.0 Å². The second kappa shape index (κ2) is 5.02. The lowest BCUT2D eigenvalue weighted by molar-refractivity contribution is -0.137. The lowest BCUT2D eigenvalue weighted by Gasteiger charge is -2.11. The molecule has 0 unspecified atom stereocenters. The lowest BCUT2D eigenvalue weighted by atomic mass is 10.2. The van der Waals surface area contributed by atoms with Gasteiger partial charge in [-0.15, -0.1) is 11.3 Å². The Bertz CT molecular complexity index is 775. The molecule has 0 bridgehead atoms. The summed E-state index contributed by atoms with van der Waals surface area (Å²) in [5, 5.41) is 3.63. The fourth-order valence-electron chi connectivity index (χ4n) is 1.85. The highest BCUT2D eigenvalue weighted by Crippen LogP contribution is 2.38. The Kier molecular flexibility index (Phi) is 3.79. The number of thiophene rings is 1. The molecule has 0 amide bonds. The highest BCUT2D eigenvalue weighted by molar-refractivity contribution is 7.94. The van der Waals surface area contributed by atoms with Gasteiger partial charge < -0.3 is 0 Å². The summed E-state index contributed by atoms with van der Waals surface area (Å²) in [7, 11) is -2.83. The summed E-state index contributed by atoms with van der Waals surface area (Å²) in [6, 6.07) is 2.93. The minimum atomic E-state index is -4.69. The smallest absolute Gasteiger partial charge is 0.262 e. The number of halogens is 3. The molecule has 2 heterocycles. The number of nitrogens with zero attached hydrogens (tertiary/aromatic N) is 2. The summed E-state index contributed by atoms with van der Waals surface area (Å²) < 4.78 is 66.1. The van der Waals surface area contributed by atoms with Crippen molar-refractivity contribution in [2.75, 3.05) is 4.72 Å². The molecule has 2 rings (SSSR count). The maximum Gasteiger partial charge on any atom is 0.421 e. The average Bonchev–Trinajstić information content (AvgIpc) is 2.83. The zero-order valence-electron chi connectivity index (χ0n) is 11.3. The molecule has 1 N–H and O–H groups in total. The first-order valence-electron chi connectivity index (χ1n) is 5.72. The fraction of sp³-hybridized carbons (Fsp3) is 0.364. The summed E-state index contributed by atoms with van der Waals surface area (Å²) in [6.07, 6.45) is -4.69. The molecule has 116 valence electrons. The van der Waals surface area contributed by atoms with Crippen molar-refractivity contribution in [2.45, 2.75) is 24.2 Å². The van der Waals surface area contributed by atoms with Crippen LogP contribution in [0.3, 0.4) is 0 Å². The minimum absolute atomic E-state index is 0.0491. The summed E-state index contributed by atoms with van der Waals surface area (Å²) in [4.78, 5) is 0.743. The van der Waals surface area contributed by atoms with Crippen molar-refractivity contribution < 1.29 is 21.6 Å². The summed E-state index contributed by atoms with van der Waals surface area (Å²) in [6.45, 7) is 2.88. The van der Waals surface area contributed by atoms with Gasteiger partial charge in [0.05, 0.1) is 5.69 Å². The maximum atomic E-state index is 13.0. The normalized spacial score (nSPS) is 12.7. The first-order chi connectivity index (χ1) is 9.52. The van der Waals surface area contributed by atoms with Crippen molar-refractivity contribution >= 4 is 27.2 Å². The average molecular weight is 339 g/mol. The Morgan fingerprint density at radius 2 is 1.90 bits per heavy atom. The van der Waals surface area contributed by atoms with Gasteiger partial charge in [0.1, 0.15) is 9.77 Å². The van der Waals surface area contributed by atoms with Crippen LogP contribution in [0, 0.1) is 13.8 Å². The molecule has 0 saturated heterocycles. The van der Waals surface area contributed by atoms with E-state index in [1.807, 2.05) is 4.72 Å². The number of hydrogen-bond acceptors (Lipinski definition) is 4. The van der Waals surface area contributed by atoms with E-state index in [1.54, 1.807) is 13.0 Å². The van der Waals surface area contributed by atoms with E-state index in [4.69, 9.17) is 0 Å². The van der Waals surface area contributed by atoms with Crippen LogP contribution in [0.5, 0.6) is 0 Å². The van der Waals surface area contributed by atoms with Gasteiger partial charge in [-0.2, -0.15) is 18.3 Å². The van der Waals surface area contributed by atoms with Crippen molar-refractivity contribution in [3.63, 3.8) is 0 Å². The molecule has 0 aliphatic heterocycles. The second-order valence-corrected chi connectivity index (χ2v) is 7.60. The Morgan fingerprint density at radius 1 is 1.29 bits per heavy atom. The number of aromatic nitrogens is 2. The van der Waals surface area contributed by atoms with Crippen molar-refractivity contribution in [3.8, 4) is 0 Å². The number of alkyl halides is 3. The molecule has 0 spiro atoms. The molecule has 0 fully saturated rings. The van der Waals surface area contributed by atoms with Gasteiger partial charge in [0.25, 0.3) is 10.0 Å². The topological polar surface area (TPSA) is 64.0 Å². The van der Waals surface area contributed by atoms with E-state index in [2.05, 4.69) is 5.10 Å². The standard InChI is InChI=1S/C11H12F3N3O2S2/c1-6-4-5-8(20-6)21(18,19)16-10-9(11(12,13)14)7(2)15-17(10)3/h4-5,16H,1-3H3. The number of aryl methyl sites for hydroxylation is 3. The number of anilines is 1. The number of nitrogens with one attached hydrogen (secondary N) is 1. The number of rotatable bonds is 3. The molecule has 0 aliphatic rings. The predicted octanol–water partition coefficient (Wildman–Crippen LogP) is 2.92. The van der Waals surface area contributed by atoms with E-state index < -0.39 is 27.6 Å². The molecule has 21 heavy (non-hydrogen) atoms. The lowest BCUT2D eigenvalue weighted by Crippen LogP contribution is -2.18. The van der Waals surface area contributed by atoms with Crippen molar-refractivity contribution in [3.05, 3.63) is 28.3 Å². The molecule has 0 saturated carbocycles. The zero-order chi connectivity index (χ0) is 16.0. The Morgan fingerprint density at radius 3 is 2.38 bits per heavy atom. The molecule has 0 atom stereocenters. The van der Waals surface area contributed by atoms with Crippen molar-refractivity contribution in [1.82, 2.24) is 9.78 Å². The highest BCUT2D eigenvalue weighted by Gasteiger charge is 2.39. The summed E-state index contributed by atoms with van der Waals surface area (Å²) in [5.41, 5.74) is -1.37. The van der Waals surface area contributed by atoms with Crippen LogP contribution in [0.2, 0.25) is 0 Å². The minimum Gasteiger partial charge on any atom is -0.262 e. The van der Waals surface area contributed by atoms with Gasteiger partial charge in [0, 0.05) is 11.9 Å². The van der Waals surface area contributed by atoms with Gasteiger partial charge in [-0.1, -0.05) is 0 Å². The van der Waals surface area contributed by atoms with Crippen molar-refractivity contribution in [1.29, 1.82) is 0 Å². The van der Waals surface area contributed by atoms with Gasteiger partial charge in [0.15, 0.2) is 5.82 Å². The number of sulfonamides is 1. The third-order valence-electron chi connectivity index (χ3n) is 2.72. The predicted molar refractivity (Wildman–Crippen MR) is 72.8 cm³/mol. The van der Waals surface area contributed by atoms with Gasteiger partial charge in [0.2, 0.25) is 0 Å². The van der Waals surface area contributed by atoms with Crippen LogP contribution in [-0.2, 0) is 23.2 Å². The molecular formula is C11H12F3N3O2S2. The van der Waals surface area contributed by atoms with Gasteiger partial charge >= 0.3 is 6.18 Å². The van der Waals surface area contributed by atoms with E-state index in [0.717, 1.165) is 20.9 Å². The van der Waals surface area contributed by atoms with Crippen LogP contribution in [0.25, 0.3) is 0 Å². The van der Waals surface area contributed by atoms with Gasteiger partial charge in [-0.05, 0) is 26.0 Å². The van der Waals surface area contributed by atoms with Crippen molar-refractivity contribution in [2.24, 2.45) is 7.05 Å². The molecule has 0 radical (unpaired) electrons. The Balaban J connectivity index is 2.50. The SMILES string of the molecule is Cc1ccc(S(=O)(=O)Nc2c(C(F)(F)F)c(C)nn2C)s1. The second-order valence-electron chi connectivity index (χ2n) is 4.40. The monoisotopic (exact) mass is 339 g/mol. The molecular weight excluding hydrogens is 327 g/mol. The highest BCUT2D eigenvalue weighted by atomic mass is 32.2. The van der Waals surface area contributed by atoms with Crippen LogP contribution in [0.15, 0.2) is 16.3 Å². The third-order valence-corrected chi connectivity index (χ3v) is 5.55. The molecule has 0 aliphatic carbocycles. The van der Waals surface area contributed by atoms with Gasteiger partial charge in [-0.3, -0.25) is 9.40 Å². The van der Waals surface area contributed by atoms with E-state index >= 15 is 0 Å². The molecule has 0 aromatic carbocycles.